The molecule has 0 atom stereocenters. The normalized spacial score (nSPS) is 15.9. The smallest absolute Gasteiger partial charge is 0.410 e. The summed E-state index contributed by atoms with van der Waals surface area (Å²) in [5.41, 5.74) is 1.03. The number of ether oxygens (including phenoxy) is 1. The third-order valence-corrected chi connectivity index (χ3v) is 2.67. The SMILES string of the molecule is O=C(OCc1ccccc1)N1CC[CH]CC1. The van der Waals surface area contributed by atoms with E-state index in [9.17, 15) is 4.79 Å². The molecule has 0 spiro atoms. The summed E-state index contributed by atoms with van der Waals surface area (Å²) < 4.78 is 5.24. The average molecular weight is 218 g/mol. The van der Waals surface area contributed by atoms with Crippen molar-refractivity contribution in [3.8, 4) is 0 Å². The van der Waals surface area contributed by atoms with Gasteiger partial charge in [-0.05, 0) is 24.8 Å². The molecule has 0 saturated carbocycles. The summed E-state index contributed by atoms with van der Waals surface area (Å²) in [7, 11) is 0. The van der Waals surface area contributed by atoms with Gasteiger partial charge in [-0.3, -0.25) is 0 Å². The average Bonchev–Trinajstić information content (AvgIpc) is 2.38. The number of piperidine rings is 1. The third kappa shape index (κ3) is 2.99. The number of carbonyl (C=O) groups excluding carboxylic acids is 1. The molecule has 85 valence electrons. The lowest BCUT2D eigenvalue weighted by atomic mass is 10.1. The summed E-state index contributed by atoms with van der Waals surface area (Å²) in [6.07, 6.45) is 3.96. The summed E-state index contributed by atoms with van der Waals surface area (Å²) in [5.74, 6) is 0. The first-order chi connectivity index (χ1) is 7.86. The molecule has 1 heterocycles. The second-order valence-corrected chi connectivity index (χ2v) is 3.89. The fraction of sp³-hybridized carbons (Fsp3) is 0.385. The minimum Gasteiger partial charge on any atom is -0.445 e. The topological polar surface area (TPSA) is 29.5 Å². The van der Waals surface area contributed by atoms with Crippen LogP contribution in [0.1, 0.15) is 18.4 Å². The standard InChI is InChI=1S/C13H16NO2/c15-13(14-9-5-2-6-10-14)16-11-12-7-3-1-4-8-12/h1-4,7-8H,5-6,9-11H2. The monoisotopic (exact) mass is 218 g/mol. The molecule has 0 bridgehead atoms. The van der Waals surface area contributed by atoms with E-state index in [-0.39, 0.29) is 6.09 Å². The highest BCUT2D eigenvalue weighted by molar-refractivity contribution is 5.67. The molecule has 1 amide bonds. The van der Waals surface area contributed by atoms with Gasteiger partial charge < -0.3 is 9.64 Å². The fourth-order valence-corrected chi connectivity index (χ4v) is 1.74. The van der Waals surface area contributed by atoms with Crippen molar-refractivity contribution in [1.82, 2.24) is 4.90 Å². The largest absolute Gasteiger partial charge is 0.445 e. The Morgan fingerprint density at radius 2 is 1.88 bits per heavy atom. The van der Waals surface area contributed by atoms with Crippen LogP contribution in [-0.4, -0.2) is 24.1 Å². The van der Waals surface area contributed by atoms with Crippen LogP contribution >= 0.6 is 0 Å². The van der Waals surface area contributed by atoms with E-state index in [0.717, 1.165) is 31.5 Å². The molecule has 0 aliphatic carbocycles. The number of carbonyl (C=O) groups is 1. The second kappa shape index (κ2) is 5.54. The Bertz CT molecular complexity index is 331. The van der Waals surface area contributed by atoms with Crippen LogP contribution in [0, 0.1) is 6.42 Å². The number of amides is 1. The molecule has 1 fully saturated rings. The molecule has 1 aromatic rings. The van der Waals surface area contributed by atoms with Crippen LogP contribution in [0.5, 0.6) is 0 Å². The van der Waals surface area contributed by atoms with Gasteiger partial charge in [-0.1, -0.05) is 30.3 Å². The molecule has 1 aromatic carbocycles. The van der Waals surface area contributed by atoms with E-state index in [1.54, 1.807) is 4.90 Å². The van der Waals surface area contributed by atoms with Gasteiger partial charge in [0.25, 0.3) is 0 Å². The molecule has 3 heteroatoms. The molecule has 2 rings (SSSR count). The maximum atomic E-state index is 11.7. The quantitative estimate of drug-likeness (QED) is 0.763. The Balaban J connectivity index is 1.79. The molecule has 1 aliphatic rings. The highest BCUT2D eigenvalue weighted by Crippen LogP contribution is 2.10. The van der Waals surface area contributed by atoms with Gasteiger partial charge in [0.1, 0.15) is 6.61 Å². The van der Waals surface area contributed by atoms with Gasteiger partial charge in [0.15, 0.2) is 0 Å². The van der Waals surface area contributed by atoms with E-state index in [4.69, 9.17) is 4.74 Å². The van der Waals surface area contributed by atoms with Gasteiger partial charge in [0.2, 0.25) is 0 Å². The van der Waals surface area contributed by atoms with E-state index in [1.807, 2.05) is 30.3 Å². The van der Waals surface area contributed by atoms with Crippen LogP contribution in [0.15, 0.2) is 30.3 Å². The summed E-state index contributed by atoms with van der Waals surface area (Å²) >= 11 is 0. The van der Waals surface area contributed by atoms with Crippen LogP contribution in [0.4, 0.5) is 4.79 Å². The number of rotatable bonds is 2. The number of likely N-dealkylation sites (tertiary alicyclic amines) is 1. The summed E-state index contributed by atoms with van der Waals surface area (Å²) in [6.45, 7) is 1.93. The number of benzene rings is 1. The summed E-state index contributed by atoms with van der Waals surface area (Å²) in [4.78, 5) is 13.4. The van der Waals surface area contributed by atoms with Crippen molar-refractivity contribution in [2.24, 2.45) is 0 Å². The third-order valence-electron chi connectivity index (χ3n) is 2.67. The maximum absolute atomic E-state index is 11.7. The molecule has 1 aliphatic heterocycles. The van der Waals surface area contributed by atoms with E-state index in [0.29, 0.717) is 6.61 Å². The Kier molecular flexibility index (Phi) is 3.81. The maximum Gasteiger partial charge on any atom is 0.410 e. The highest BCUT2D eigenvalue weighted by atomic mass is 16.6. The van der Waals surface area contributed by atoms with Crippen LogP contribution in [-0.2, 0) is 11.3 Å². The van der Waals surface area contributed by atoms with E-state index >= 15 is 0 Å². The molecular formula is C13H16NO2. The minimum absolute atomic E-state index is 0.197. The molecule has 1 radical (unpaired) electrons. The lowest BCUT2D eigenvalue weighted by molar-refractivity contribution is 0.0932. The van der Waals surface area contributed by atoms with Crippen LogP contribution in [0.3, 0.4) is 0 Å². The van der Waals surface area contributed by atoms with Gasteiger partial charge >= 0.3 is 6.09 Å². The number of nitrogens with zero attached hydrogens (tertiary/aromatic N) is 1. The van der Waals surface area contributed by atoms with Crippen LogP contribution in [0.2, 0.25) is 0 Å². The minimum atomic E-state index is -0.197. The first-order valence-corrected chi connectivity index (χ1v) is 5.63. The zero-order chi connectivity index (χ0) is 11.2. The van der Waals surface area contributed by atoms with Gasteiger partial charge in [-0.15, -0.1) is 0 Å². The van der Waals surface area contributed by atoms with Gasteiger partial charge in [-0.2, -0.15) is 0 Å². The van der Waals surface area contributed by atoms with Gasteiger partial charge in [0.05, 0.1) is 0 Å². The van der Waals surface area contributed by atoms with Crippen molar-refractivity contribution in [2.45, 2.75) is 19.4 Å². The Labute approximate surface area is 96.0 Å². The molecular weight excluding hydrogens is 202 g/mol. The van der Waals surface area contributed by atoms with E-state index < -0.39 is 0 Å². The number of hydrogen-bond donors (Lipinski definition) is 0. The molecule has 0 N–H and O–H groups in total. The zero-order valence-electron chi connectivity index (χ0n) is 9.26. The predicted octanol–water partition coefficient (Wildman–Crippen LogP) is 2.62. The molecule has 0 aromatic heterocycles. The van der Waals surface area contributed by atoms with Crippen molar-refractivity contribution >= 4 is 6.09 Å². The first kappa shape index (κ1) is 11.0. The lowest BCUT2D eigenvalue weighted by Gasteiger charge is -2.25. The Morgan fingerprint density at radius 1 is 1.19 bits per heavy atom. The van der Waals surface area contributed by atoms with E-state index in [2.05, 4.69) is 6.42 Å². The highest BCUT2D eigenvalue weighted by Gasteiger charge is 2.17. The molecule has 1 saturated heterocycles. The fourth-order valence-electron chi connectivity index (χ4n) is 1.74. The van der Waals surface area contributed by atoms with Crippen molar-refractivity contribution in [3.63, 3.8) is 0 Å². The van der Waals surface area contributed by atoms with Gasteiger partial charge in [0, 0.05) is 13.1 Å². The van der Waals surface area contributed by atoms with Crippen molar-refractivity contribution in [3.05, 3.63) is 42.3 Å². The molecule has 3 nitrogen and oxygen atoms in total. The predicted molar refractivity (Wildman–Crippen MR) is 61.7 cm³/mol. The van der Waals surface area contributed by atoms with Crippen molar-refractivity contribution in [1.29, 1.82) is 0 Å². The lowest BCUT2D eigenvalue weighted by Crippen LogP contribution is -2.36. The Morgan fingerprint density at radius 3 is 2.56 bits per heavy atom. The molecule has 0 unspecified atom stereocenters. The first-order valence-electron chi connectivity index (χ1n) is 5.63. The molecule has 16 heavy (non-hydrogen) atoms. The van der Waals surface area contributed by atoms with Crippen LogP contribution in [0.25, 0.3) is 0 Å². The Hall–Kier alpha value is -1.51. The number of hydrogen-bond acceptors (Lipinski definition) is 2. The van der Waals surface area contributed by atoms with Crippen molar-refractivity contribution < 1.29 is 9.53 Å². The van der Waals surface area contributed by atoms with E-state index in [1.165, 1.54) is 0 Å². The summed E-state index contributed by atoms with van der Waals surface area (Å²) in [6, 6.07) is 9.75. The van der Waals surface area contributed by atoms with Crippen molar-refractivity contribution in [2.75, 3.05) is 13.1 Å². The van der Waals surface area contributed by atoms with Gasteiger partial charge in [-0.25, -0.2) is 4.79 Å². The second-order valence-electron chi connectivity index (χ2n) is 3.89. The summed E-state index contributed by atoms with van der Waals surface area (Å²) in [5, 5.41) is 0. The van der Waals surface area contributed by atoms with Crippen LogP contribution < -0.4 is 0 Å². The zero-order valence-corrected chi connectivity index (χ0v) is 9.26.